The third-order valence-corrected chi connectivity index (χ3v) is 8.67. The van der Waals surface area contributed by atoms with Crippen LogP contribution in [0.25, 0.3) is 0 Å². The molecule has 1 amide bonds. The van der Waals surface area contributed by atoms with E-state index >= 15 is 0 Å². The number of carbonyl (C=O) groups is 1. The van der Waals surface area contributed by atoms with E-state index in [1.165, 1.54) is 10.4 Å². The fourth-order valence-electron chi connectivity index (χ4n) is 4.12. The molecule has 0 spiro atoms. The number of hydrogen-bond acceptors (Lipinski definition) is 6. The number of pyridine rings is 1. The molecule has 36 heavy (non-hydrogen) atoms. The van der Waals surface area contributed by atoms with E-state index in [1.54, 1.807) is 55.5 Å². The number of likely N-dealkylation sites (N-methyl/N-ethyl adjacent to an activating group) is 1. The lowest BCUT2D eigenvalue weighted by Gasteiger charge is -2.37. The number of aliphatic hydroxyl groups excluding tert-OH is 1. The average Bonchev–Trinajstić information content (AvgIpc) is 3.69. The minimum atomic E-state index is -3.92. The summed E-state index contributed by atoms with van der Waals surface area (Å²) in [5.74, 6) is 6.63. The van der Waals surface area contributed by atoms with Gasteiger partial charge >= 0.3 is 0 Å². The Kier molecular flexibility index (Phi) is 7.98. The Morgan fingerprint density at radius 2 is 2.00 bits per heavy atom. The van der Waals surface area contributed by atoms with Crippen LogP contribution >= 0.6 is 0 Å². The van der Waals surface area contributed by atoms with Gasteiger partial charge in [-0.05, 0) is 55.7 Å². The van der Waals surface area contributed by atoms with Gasteiger partial charge in [-0.25, -0.2) is 8.42 Å². The molecule has 0 saturated heterocycles. The van der Waals surface area contributed by atoms with Crippen molar-refractivity contribution in [2.75, 3.05) is 26.7 Å². The summed E-state index contributed by atoms with van der Waals surface area (Å²) in [5, 5.41) is 9.80. The average molecular weight is 512 g/mol. The predicted molar refractivity (Wildman–Crippen MR) is 136 cm³/mol. The van der Waals surface area contributed by atoms with Gasteiger partial charge in [-0.2, -0.15) is 4.31 Å². The molecule has 1 saturated carbocycles. The highest BCUT2D eigenvalue weighted by Crippen LogP contribution is 2.34. The molecule has 1 N–H and O–H groups in total. The highest BCUT2D eigenvalue weighted by Gasteiger charge is 2.38. The Bertz CT molecular complexity index is 1250. The highest BCUT2D eigenvalue weighted by atomic mass is 32.2. The van der Waals surface area contributed by atoms with E-state index in [1.807, 2.05) is 6.92 Å². The number of nitrogens with zero attached hydrogens (tertiary/aromatic N) is 3. The van der Waals surface area contributed by atoms with E-state index in [4.69, 9.17) is 4.74 Å². The number of sulfonamides is 1. The molecule has 1 aliphatic heterocycles. The van der Waals surface area contributed by atoms with Gasteiger partial charge in [-0.15, -0.1) is 0 Å². The molecule has 0 unspecified atom stereocenters. The zero-order valence-corrected chi connectivity index (χ0v) is 21.7. The molecular formula is C27H33N3O5S. The highest BCUT2D eigenvalue weighted by molar-refractivity contribution is 7.89. The maximum atomic E-state index is 13.6. The lowest BCUT2D eigenvalue weighted by Crippen LogP contribution is -2.50. The first kappa shape index (κ1) is 26.1. The van der Waals surface area contributed by atoms with Crippen molar-refractivity contribution < 1.29 is 23.1 Å². The van der Waals surface area contributed by atoms with Gasteiger partial charge in [0.2, 0.25) is 15.9 Å². The van der Waals surface area contributed by atoms with Crippen LogP contribution in [-0.4, -0.2) is 72.5 Å². The fraction of sp³-hybridized carbons (Fsp3) is 0.481. The van der Waals surface area contributed by atoms with E-state index in [0.717, 1.165) is 18.4 Å². The number of benzene rings is 1. The van der Waals surface area contributed by atoms with Crippen LogP contribution in [0.4, 0.5) is 0 Å². The molecule has 8 nitrogen and oxygen atoms in total. The lowest BCUT2D eigenvalue weighted by atomic mass is 10.0. The van der Waals surface area contributed by atoms with Gasteiger partial charge < -0.3 is 14.7 Å². The molecule has 0 radical (unpaired) electrons. The van der Waals surface area contributed by atoms with Crippen molar-refractivity contribution in [3.05, 3.63) is 53.9 Å². The minimum absolute atomic E-state index is 0.0439. The maximum Gasteiger partial charge on any atom is 0.247 e. The number of hydrogen-bond donors (Lipinski definition) is 1. The van der Waals surface area contributed by atoms with Crippen molar-refractivity contribution in [3.8, 4) is 17.6 Å². The molecule has 0 bridgehead atoms. The summed E-state index contributed by atoms with van der Waals surface area (Å²) in [6.07, 6.45) is 5.26. The Hall–Kier alpha value is -2.93. The summed E-state index contributed by atoms with van der Waals surface area (Å²) in [4.78, 5) is 18.6. The topological polar surface area (TPSA) is 100 Å². The molecule has 4 rings (SSSR count). The summed E-state index contributed by atoms with van der Waals surface area (Å²) >= 11 is 0. The second-order valence-electron chi connectivity index (χ2n) is 9.75. The van der Waals surface area contributed by atoms with Gasteiger partial charge in [0.1, 0.15) is 16.7 Å². The quantitative estimate of drug-likeness (QED) is 0.598. The van der Waals surface area contributed by atoms with Crippen LogP contribution in [-0.2, 0) is 21.2 Å². The molecule has 3 atom stereocenters. The molecule has 9 heteroatoms. The first-order chi connectivity index (χ1) is 17.2. The fourth-order valence-corrected chi connectivity index (χ4v) is 5.94. The molecule has 2 aliphatic rings. The molecule has 1 aromatic carbocycles. The Morgan fingerprint density at radius 1 is 1.28 bits per heavy atom. The number of carbonyl (C=O) groups excluding carboxylic acids is 1. The van der Waals surface area contributed by atoms with Crippen LogP contribution in [0.15, 0.2) is 47.6 Å². The van der Waals surface area contributed by atoms with Crippen LogP contribution in [0.3, 0.4) is 0 Å². The summed E-state index contributed by atoms with van der Waals surface area (Å²) in [6, 6.07) is 7.91. The van der Waals surface area contributed by atoms with Crippen molar-refractivity contribution in [2.45, 2.75) is 50.2 Å². The van der Waals surface area contributed by atoms with Crippen LogP contribution in [0.2, 0.25) is 0 Å². The monoisotopic (exact) mass is 511 g/mol. The molecule has 192 valence electrons. The summed E-state index contributed by atoms with van der Waals surface area (Å²) in [7, 11) is -2.19. The molecule has 2 aromatic rings. The van der Waals surface area contributed by atoms with E-state index in [0.29, 0.717) is 11.5 Å². The van der Waals surface area contributed by atoms with Crippen molar-refractivity contribution in [1.29, 1.82) is 0 Å². The van der Waals surface area contributed by atoms with Crippen molar-refractivity contribution in [3.63, 3.8) is 0 Å². The van der Waals surface area contributed by atoms with Crippen molar-refractivity contribution in [2.24, 2.45) is 11.8 Å². The van der Waals surface area contributed by atoms with Gasteiger partial charge in [-0.1, -0.05) is 18.8 Å². The molecule has 1 fully saturated rings. The SMILES string of the molecule is C[C@@H]1CN([C@@H](C)CO)S(=O)(=O)c2ccc(C#CC3CC3)cc2O[C@H]1CN(C)C(=O)Cc1ccncc1. The summed E-state index contributed by atoms with van der Waals surface area (Å²) in [6.45, 7) is 3.72. The Morgan fingerprint density at radius 3 is 2.67 bits per heavy atom. The van der Waals surface area contributed by atoms with Crippen molar-refractivity contribution in [1.82, 2.24) is 14.2 Å². The number of ether oxygens (including phenoxy) is 1. The molecule has 2 heterocycles. The van der Waals surface area contributed by atoms with E-state index in [-0.39, 0.29) is 48.6 Å². The number of fused-ring (bicyclic) bond motifs is 1. The zero-order valence-electron chi connectivity index (χ0n) is 20.9. The van der Waals surface area contributed by atoms with Crippen LogP contribution < -0.4 is 4.74 Å². The molecule has 1 aromatic heterocycles. The minimum Gasteiger partial charge on any atom is -0.487 e. The standard InChI is InChI=1S/C27H33N3O5S/c1-19-16-30(20(2)18-31)36(33,34)26-9-8-22(7-6-21-4-5-21)14-24(26)35-25(19)17-29(3)27(32)15-23-10-12-28-13-11-23/h8-14,19-21,25,31H,4-5,15-18H2,1-3H3/t19-,20+,25+/m1/s1. The number of rotatable bonds is 6. The van der Waals surface area contributed by atoms with E-state index < -0.39 is 22.2 Å². The van der Waals surface area contributed by atoms with Crippen LogP contribution in [0, 0.1) is 23.7 Å². The van der Waals surface area contributed by atoms with Gasteiger partial charge in [0.05, 0.1) is 19.6 Å². The largest absolute Gasteiger partial charge is 0.487 e. The smallest absolute Gasteiger partial charge is 0.247 e. The third kappa shape index (κ3) is 6.06. The second-order valence-corrected chi connectivity index (χ2v) is 11.6. The normalized spacial score (nSPS) is 22.1. The zero-order chi connectivity index (χ0) is 25.9. The summed E-state index contributed by atoms with van der Waals surface area (Å²) in [5.41, 5.74) is 1.55. The molecule has 1 aliphatic carbocycles. The molecular weight excluding hydrogens is 478 g/mol. The maximum absolute atomic E-state index is 13.6. The Balaban J connectivity index is 1.64. The predicted octanol–water partition coefficient (Wildman–Crippen LogP) is 2.31. The second kappa shape index (κ2) is 11.0. The number of amides is 1. The third-order valence-electron chi connectivity index (χ3n) is 6.65. The van der Waals surface area contributed by atoms with Gasteiger partial charge in [0, 0.05) is 49.4 Å². The number of aromatic nitrogens is 1. The number of aliphatic hydroxyl groups is 1. The van der Waals surface area contributed by atoms with Crippen LogP contribution in [0.1, 0.15) is 37.8 Å². The summed E-state index contributed by atoms with van der Waals surface area (Å²) < 4.78 is 34.8. The van der Waals surface area contributed by atoms with E-state index in [2.05, 4.69) is 16.8 Å². The van der Waals surface area contributed by atoms with Gasteiger partial charge in [-0.3, -0.25) is 9.78 Å². The Labute approximate surface area is 213 Å². The van der Waals surface area contributed by atoms with Gasteiger partial charge in [0.15, 0.2) is 0 Å². The first-order valence-corrected chi connectivity index (χ1v) is 13.7. The van der Waals surface area contributed by atoms with Crippen LogP contribution in [0.5, 0.6) is 5.75 Å². The van der Waals surface area contributed by atoms with Gasteiger partial charge in [0.25, 0.3) is 0 Å². The van der Waals surface area contributed by atoms with E-state index in [9.17, 15) is 18.3 Å². The lowest BCUT2D eigenvalue weighted by molar-refractivity contribution is -0.130. The van der Waals surface area contributed by atoms with Crippen molar-refractivity contribution >= 4 is 15.9 Å². The first-order valence-electron chi connectivity index (χ1n) is 12.3.